The van der Waals surface area contributed by atoms with E-state index in [0.29, 0.717) is 16.5 Å². The predicted molar refractivity (Wildman–Crippen MR) is 98.9 cm³/mol. The van der Waals surface area contributed by atoms with Crippen LogP contribution in [0.5, 0.6) is 0 Å². The van der Waals surface area contributed by atoms with Crippen molar-refractivity contribution in [3.05, 3.63) is 47.5 Å². The third kappa shape index (κ3) is 2.68. The zero-order chi connectivity index (χ0) is 18.3. The summed E-state index contributed by atoms with van der Waals surface area (Å²) in [6, 6.07) is 10.1. The molecule has 2 aromatic rings. The second-order valence-electron chi connectivity index (χ2n) is 7.21. The van der Waals surface area contributed by atoms with E-state index in [1.165, 1.54) is 6.42 Å². The summed E-state index contributed by atoms with van der Waals surface area (Å²) in [5.41, 5.74) is 0.963. The first-order valence-electron chi connectivity index (χ1n) is 9.28. The fourth-order valence-electron chi connectivity index (χ4n) is 4.09. The number of carbonyl (C=O) groups is 3. The monoisotopic (exact) mass is 350 g/mol. The first-order valence-corrected chi connectivity index (χ1v) is 9.28. The van der Waals surface area contributed by atoms with Gasteiger partial charge in [0.05, 0.1) is 0 Å². The maximum atomic E-state index is 13.0. The van der Waals surface area contributed by atoms with Crippen LogP contribution in [0.3, 0.4) is 0 Å². The Labute approximate surface area is 152 Å². The second kappa shape index (κ2) is 6.56. The predicted octanol–water partition coefficient (Wildman–Crippen LogP) is 3.27. The Morgan fingerprint density at radius 1 is 1.00 bits per heavy atom. The fourth-order valence-corrected chi connectivity index (χ4v) is 4.09. The molecule has 0 radical (unpaired) electrons. The van der Waals surface area contributed by atoms with Crippen LogP contribution < -0.4 is 5.32 Å². The summed E-state index contributed by atoms with van der Waals surface area (Å²) < 4.78 is 0. The largest absolute Gasteiger partial charge is 0.352 e. The van der Waals surface area contributed by atoms with E-state index in [1.54, 1.807) is 31.2 Å². The number of carbonyl (C=O) groups excluding carboxylic acids is 3. The molecule has 4 rings (SSSR count). The Balaban J connectivity index is 1.64. The zero-order valence-corrected chi connectivity index (χ0v) is 14.8. The van der Waals surface area contributed by atoms with Crippen molar-refractivity contribution in [2.24, 2.45) is 0 Å². The van der Waals surface area contributed by atoms with Crippen molar-refractivity contribution in [2.45, 2.75) is 51.1 Å². The average Bonchev–Trinajstić information content (AvgIpc) is 2.66. The molecule has 1 aliphatic heterocycles. The summed E-state index contributed by atoms with van der Waals surface area (Å²) in [6.45, 7) is 1.63. The summed E-state index contributed by atoms with van der Waals surface area (Å²) >= 11 is 0. The highest BCUT2D eigenvalue weighted by atomic mass is 16.2. The Kier molecular flexibility index (Phi) is 4.23. The van der Waals surface area contributed by atoms with Gasteiger partial charge in [-0.1, -0.05) is 43.5 Å². The van der Waals surface area contributed by atoms with Gasteiger partial charge in [-0.25, -0.2) is 0 Å². The summed E-state index contributed by atoms with van der Waals surface area (Å²) in [6.07, 6.45) is 5.34. The lowest BCUT2D eigenvalue weighted by atomic mass is 9.93. The highest BCUT2D eigenvalue weighted by molar-refractivity contribution is 6.26. The van der Waals surface area contributed by atoms with Gasteiger partial charge in [0.2, 0.25) is 5.91 Å². The van der Waals surface area contributed by atoms with Gasteiger partial charge in [0, 0.05) is 22.6 Å². The molecule has 1 fully saturated rings. The molecule has 0 spiro atoms. The van der Waals surface area contributed by atoms with Gasteiger partial charge in [-0.3, -0.25) is 19.3 Å². The molecule has 0 bridgehead atoms. The van der Waals surface area contributed by atoms with Gasteiger partial charge >= 0.3 is 0 Å². The van der Waals surface area contributed by atoms with Crippen LogP contribution in [-0.2, 0) is 4.79 Å². The lowest BCUT2D eigenvalue weighted by Gasteiger charge is -2.32. The third-order valence-electron chi connectivity index (χ3n) is 5.52. The summed E-state index contributed by atoms with van der Waals surface area (Å²) in [5.74, 6) is -1.05. The lowest BCUT2D eigenvalue weighted by Crippen LogP contribution is -2.54. The second-order valence-corrected chi connectivity index (χ2v) is 7.21. The van der Waals surface area contributed by atoms with Crippen molar-refractivity contribution < 1.29 is 14.4 Å². The Bertz CT molecular complexity index is 849. The van der Waals surface area contributed by atoms with Crippen LogP contribution in [0.1, 0.15) is 59.7 Å². The van der Waals surface area contributed by atoms with Crippen LogP contribution in [0.25, 0.3) is 10.8 Å². The number of hydrogen-bond acceptors (Lipinski definition) is 3. The molecular weight excluding hydrogens is 328 g/mol. The summed E-state index contributed by atoms with van der Waals surface area (Å²) in [7, 11) is 0. The summed E-state index contributed by atoms with van der Waals surface area (Å²) in [5, 5.41) is 4.56. The van der Waals surface area contributed by atoms with Crippen molar-refractivity contribution in [1.82, 2.24) is 10.2 Å². The molecule has 1 atom stereocenters. The van der Waals surface area contributed by atoms with Gasteiger partial charge in [-0.2, -0.15) is 0 Å². The lowest BCUT2D eigenvalue weighted by molar-refractivity contribution is -0.125. The molecule has 1 heterocycles. The van der Waals surface area contributed by atoms with E-state index in [2.05, 4.69) is 5.32 Å². The van der Waals surface area contributed by atoms with Gasteiger partial charge in [0.1, 0.15) is 6.04 Å². The van der Waals surface area contributed by atoms with Crippen LogP contribution in [-0.4, -0.2) is 34.7 Å². The molecule has 0 unspecified atom stereocenters. The minimum atomic E-state index is -0.833. The van der Waals surface area contributed by atoms with Gasteiger partial charge in [0.25, 0.3) is 11.8 Å². The molecule has 1 aliphatic carbocycles. The number of nitrogens with one attached hydrogen (secondary N) is 1. The topological polar surface area (TPSA) is 66.5 Å². The normalized spacial score (nSPS) is 18.9. The van der Waals surface area contributed by atoms with Gasteiger partial charge in [-0.05, 0) is 37.3 Å². The molecule has 134 valence electrons. The number of rotatable bonds is 3. The first kappa shape index (κ1) is 16.8. The van der Waals surface area contributed by atoms with E-state index in [4.69, 9.17) is 0 Å². The molecule has 0 saturated heterocycles. The smallest absolute Gasteiger partial charge is 0.262 e. The molecule has 0 aromatic heterocycles. The molecule has 5 heteroatoms. The third-order valence-corrected chi connectivity index (χ3v) is 5.52. The zero-order valence-electron chi connectivity index (χ0n) is 14.8. The van der Waals surface area contributed by atoms with Crippen molar-refractivity contribution in [2.75, 3.05) is 0 Å². The average molecular weight is 350 g/mol. The standard InChI is InChI=1S/C21H22N2O3/c1-13(19(24)22-15-9-3-2-4-10-15)23-20(25)16-11-5-7-14-8-6-12-17(18(14)16)21(23)26/h5-8,11-13,15H,2-4,9-10H2,1H3,(H,22,24)/t13-/m0/s1. The Hall–Kier alpha value is -2.69. The minimum absolute atomic E-state index is 0.143. The maximum Gasteiger partial charge on any atom is 0.262 e. The van der Waals surface area contributed by atoms with Crippen LogP contribution in [0.4, 0.5) is 0 Å². The van der Waals surface area contributed by atoms with Crippen LogP contribution in [0.15, 0.2) is 36.4 Å². The van der Waals surface area contributed by atoms with Crippen molar-refractivity contribution in [1.29, 1.82) is 0 Å². The van der Waals surface area contributed by atoms with E-state index in [0.717, 1.165) is 36.0 Å². The minimum Gasteiger partial charge on any atom is -0.352 e. The van der Waals surface area contributed by atoms with Crippen molar-refractivity contribution in [3.63, 3.8) is 0 Å². The number of imide groups is 1. The molecule has 2 aromatic carbocycles. The van der Waals surface area contributed by atoms with E-state index in [-0.39, 0.29) is 11.9 Å². The molecule has 1 N–H and O–H groups in total. The van der Waals surface area contributed by atoms with Crippen molar-refractivity contribution >= 4 is 28.5 Å². The number of benzene rings is 2. The Morgan fingerprint density at radius 3 is 2.15 bits per heavy atom. The maximum absolute atomic E-state index is 13.0. The SMILES string of the molecule is C[C@@H](C(=O)NC1CCCCC1)N1C(=O)c2cccc3cccc(c23)C1=O. The summed E-state index contributed by atoms with van der Waals surface area (Å²) in [4.78, 5) is 39.8. The highest BCUT2D eigenvalue weighted by Gasteiger charge is 2.38. The van der Waals surface area contributed by atoms with Gasteiger partial charge < -0.3 is 5.32 Å². The van der Waals surface area contributed by atoms with E-state index in [9.17, 15) is 14.4 Å². The number of hydrogen-bond donors (Lipinski definition) is 1. The van der Waals surface area contributed by atoms with Crippen LogP contribution >= 0.6 is 0 Å². The quantitative estimate of drug-likeness (QED) is 0.864. The van der Waals surface area contributed by atoms with Crippen LogP contribution in [0.2, 0.25) is 0 Å². The van der Waals surface area contributed by atoms with Crippen LogP contribution in [0, 0.1) is 0 Å². The van der Waals surface area contributed by atoms with E-state index in [1.807, 2.05) is 12.1 Å². The first-order chi connectivity index (χ1) is 12.6. The Morgan fingerprint density at radius 2 is 1.58 bits per heavy atom. The van der Waals surface area contributed by atoms with Crippen molar-refractivity contribution in [3.8, 4) is 0 Å². The van der Waals surface area contributed by atoms with Gasteiger partial charge in [-0.15, -0.1) is 0 Å². The van der Waals surface area contributed by atoms with E-state index >= 15 is 0 Å². The molecule has 1 saturated carbocycles. The van der Waals surface area contributed by atoms with Gasteiger partial charge in [0.15, 0.2) is 0 Å². The molecular formula is C21H22N2O3. The molecule has 3 amide bonds. The highest BCUT2D eigenvalue weighted by Crippen LogP contribution is 2.31. The molecule has 5 nitrogen and oxygen atoms in total. The molecule has 26 heavy (non-hydrogen) atoms. The molecule has 2 aliphatic rings. The number of nitrogens with zero attached hydrogens (tertiary/aromatic N) is 1. The number of amides is 3. The van der Waals surface area contributed by atoms with E-state index < -0.39 is 17.9 Å². The fraction of sp³-hybridized carbons (Fsp3) is 0.381.